The lowest BCUT2D eigenvalue weighted by atomic mass is 9.84. The molecule has 25 heavy (non-hydrogen) atoms. The molecule has 0 radical (unpaired) electrons. The predicted molar refractivity (Wildman–Crippen MR) is 95.4 cm³/mol. The zero-order chi connectivity index (χ0) is 17.4. The fourth-order valence-corrected chi connectivity index (χ4v) is 3.82. The lowest BCUT2D eigenvalue weighted by molar-refractivity contribution is 0.102. The molecule has 2 atom stereocenters. The monoisotopic (exact) mass is 339 g/mol. The molecule has 0 aliphatic carbocycles. The van der Waals surface area contributed by atoms with Crippen LogP contribution in [0.1, 0.15) is 28.4 Å². The Balaban J connectivity index is 1.60. The van der Waals surface area contributed by atoms with E-state index >= 15 is 0 Å². The first-order valence-corrected chi connectivity index (χ1v) is 8.55. The van der Waals surface area contributed by atoms with Crippen LogP contribution in [0.5, 0.6) is 5.75 Å². The summed E-state index contributed by atoms with van der Waals surface area (Å²) < 4.78 is 6.93. The maximum atomic E-state index is 12.8. The van der Waals surface area contributed by atoms with Crippen molar-refractivity contribution < 1.29 is 9.53 Å². The van der Waals surface area contributed by atoms with Gasteiger partial charge in [-0.2, -0.15) is 0 Å². The van der Waals surface area contributed by atoms with Gasteiger partial charge in [0, 0.05) is 30.3 Å². The van der Waals surface area contributed by atoms with Gasteiger partial charge >= 0.3 is 0 Å². The van der Waals surface area contributed by atoms with Gasteiger partial charge in [-0.05, 0) is 55.3 Å². The van der Waals surface area contributed by atoms with E-state index < -0.39 is 0 Å². The summed E-state index contributed by atoms with van der Waals surface area (Å²) in [5.41, 5.74) is 1.77. The van der Waals surface area contributed by atoms with Crippen molar-refractivity contribution in [2.75, 3.05) is 25.5 Å². The number of fused-ring (bicyclic) bond motifs is 4. The average molecular weight is 339 g/mol. The summed E-state index contributed by atoms with van der Waals surface area (Å²) in [6.45, 7) is 2.57. The van der Waals surface area contributed by atoms with Gasteiger partial charge in [-0.1, -0.05) is 0 Å². The third kappa shape index (κ3) is 2.93. The fourth-order valence-electron chi connectivity index (χ4n) is 3.82. The summed E-state index contributed by atoms with van der Waals surface area (Å²) >= 11 is 0. The number of carbonyl (C=O) groups is 1. The highest BCUT2D eigenvalue weighted by Gasteiger charge is 2.31. The van der Waals surface area contributed by atoms with E-state index in [9.17, 15) is 9.59 Å². The number of pyridine rings is 1. The predicted octanol–water partition coefficient (Wildman–Crippen LogP) is 1.82. The topological polar surface area (TPSA) is 72.4 Å². The van der Waals surface area contributed by atoms with Gasteiger partial charge < -0.3 is 19.9 Å². The standard InChI is InChI=1S/C19H21N3O3/c1-25-15-4-2-13(3-5-15)18(23)21-16-6-7-17-14-8-12(9-20-10-14)11-22(17)19(16)24/h2-7,12,14,20H,8-11H2,1H3,(H,21,23)/t12-,14+/m0/s1. The largest absolute Gasteiger partial charge is 0.497 e. The van der Waals surface area contributed by atoms with Crippen molar-refractivity contribution in [1.82, 2.24) is 9.88 Å². The summed E-state index contributed by atoms with van der Waals surface area (Å²) in [5.74, 6) is 1.26. The number of rotatable bonds is 3. The highest BCUT2D eigenvalue weighted by atomic mass is 16.5. The van der Waals surface area contributed by atoms with Crippen LogP contribution in [0, 0.1) is 5.92 Å². The highest BCUT2D eigenvalue weighted by Crippen LogP contribution is 2.32. The van der Waals surface area contributed by atoms with Gasteiger partial charge in [0.25, 0.3) is 11.5 Å². The SMILES string of the molecule is COc1ccc(C(=O)Nc2ccc3n(c2=O)C[C@@H]2CNC[C@H]3C2)cc1. The first-order valence-electron chi connectivity index (χ1n) is 8.55. The highest BCUT2D eigenvalue weighted by molar-refractivity contribution is 6.04. The van der Waals surface area contributed by atoms with Crippen LogP contribution in [0.25, 0.3) is 0 Å². The van der Waals surface area contributed by atoms with E-state index in [0.29, 0.717) is 35.4 Å². The summed E-state index contributed by atoms with van der Waals surface area (Å²) in [6, 6.07) is 10.5. The van der Waals surface area contributed by atoms with E-state index in [0.717, 1.165) is 25.2 Å². The van der Waals surface area contributed by atoms with Gasteiger partial charge in [0.1, 0.15) is 11.4 Å². The van der Waals surface area contributed by atoms with Crippen LogP contribution >= 0.6 is 0 Å². The number of nitrogens with one attached hydrogen (secondary N) is 2. The molecule has 130 valence electrons. The molecule has 2 N–H and O–H groups in total. The molecule has 6 nitrogen and oxygen atoms in total. The molecule has 2 aliphatic heterocycles. The first kappa shape index (κ1) is 15.9. The van der Waals surface area contributed by atoms with Crippen LogP contribution in [0.4, 0.5) is 5.69 Å². The van der Waals surface area contributed by atoms with E-state index in [1.807, 2.05) is 10.6 Å². The Bertz CT molecular complexity index is 857. The number of amides is 1. The molecule has 1 fully saturated rings. The number of piperidine rings is 1. The number of ether oxygens (including phenoxy) is 1. The normalized spacial score (nSPS) is 21.3. The molecule has 1 saturated heterocycles. The molecule has 2 bridgehead atoms. The second-order valence-electron chi connectivity index (χ2n) is 6.73. The van der Waals surface area contributed by atoms with Gasteiger partial charge in [-0.25, -0.2) is 0 Å². The zero-order valence-corrected chi connectivity index (χ0v) is 14.1. The van der Waals surface area contributed by atoms with Crippen molar-refractivity contribution in [2.24, 2.45) is 5.92 Å². The first-order chi connectivity index (χ1) is 12.2. The van der Waals surface area contributed by atoms with Gasteiger partial charge in [0.05, 0.1) is 7.11 Å². The number of benzene rings is 1. The number of hydrogen-bond donors (Lipinski definition) is 2. The molecule has 6 heteroatoms. The van der Waals surface area contributed by atoms with Gasteiger partial charge in [0.2, 0.25) is 0 Å². The van der Waals surface area contributed by atoms with Gasteiger partial charge in [-0.15, -0.1) is 0 Å². The molecular formula is C19H21N3O3. The van der Waals surface area contributed by atoms with Crippen LogP contribution in [-0.2, 0) is 6.54 Å². The van der Waals surface area contributed by atoms with Crippen molar-refractivity contribution in [2.45, 2.75) is 18.9 Å². The van der Waals surface area contributed by atoms with Crippen LogP contribution in [0.3, 0.4) is 0 Å². The molecule has 4 rings (SSSR count). The Morgan fingerprint density at radius 3 is 2.76 bits per heavy atom. The lowest BCUT2D eigenvalue weighted by Crippen LogP contribution is -2.45. The van der Waals surface area contributed by atoms with Crippen LogP contribution < -0.4 is 20.9 Å². The number of anilines is 1. The van der Waals surface area contributed by atoms with Crippen LogP contribution in [0.2, 0.25) is 0 Å². The summed E-state index contributed by atoms with van der Waals surface area (Å²) in [7, 11) is 1.58. The Morgan fingerprint density at radius 1 is 1.20 bits per heavy atom. The van der Waals surface area contributed by atoms with Crippen LogP contribution in [0.15, 0.2) is 41.2 Å². The number of nitrogens with zero attached hydrogens (tertiary/aromatic N) is 1. The maximum Gasteiger partial charge on any atom is 0.274 e. The quantitative estimate of drug-likeness (QED) is 0.895. The minimum Gasteiger partial charge on any atom is -0.497 e. The van der Waals surface area contributed by atoms with Crippen molar-refractivity contribution in [3.63, 3.8) is 0 Å². The Labute approximate surface area is 145 Å². The number of aromatic nitrogens is 1. The average Bonchev–Trinajstić information content (AvgIpc) is 2.65. The van der Waals surface area contributed by atoms with E-state index in [4.69, 9.17) is 4.74 Å². The third-order valence-corrected chi connectivity index (χ3v) is 5.11. The van der Waals surface area contributed by atoms with E-state index in [2.05, 4.69) is 10.6 Å². The summed E-state index contributed by atoms with van der Waals surface area (Å²) in [6.07, 6.45) is 1.13. The molecular weight excluding hydrogens is 318 g/mol. The summed E-state index contributed by atoms with van der Waals surface area (Å²) in [5, 5.41) is 6.18. The minimum absolute atomic E-state index is 0.115. The number of carbonyl (C=O) groups excluding carboxylic acids is 1. The lowest BCUT2D eigenvalue weighted by Gasteiger charge is -2.37. The molecule has 0 spiro atoms. The van der Waals surface area contributed by atoms with Crippen molar-refractivity contribution in [3.8, 4) is 5.75 Å². The molecule has 1 aromatic carbocycles. The Hall–Kier alpha value is -2.60. The number of hydrogen-bond acceptors (Lipinski definition) is 4. The smallest absolute Gasteiger partial charge is 0.274 e. The van der Waals surface area contributed by atoms with Crippen molar-refractivity contribution >= 4 is 11.6 Å². The third-order valence-electron chi connectivity index (χ3n) is 5.11. The van der Waals surface area contributed by atoms with E-state index in [1.165, 1.54) is 0 Å². The van der Waals surface area contributed by atoms with Crippen LogP contribution in [-0.4, -0.2) is 30.7 Å². The Morgan fingerprint density at radius 2 is 2.00 bits per heavy atom. The van der Waals surface area contributed by atoms with Crippen molar-refractivity contribution in [1.29, 1.82) is 0 Å². The molecule has 2 aromatic rings. The fraction of sp³-hybridized carbons (Fsp3) is 0.368. The molecule has 1 amide bonds. The number of methoxy groups -OCH3 is 1. The summed E-state index contributed by atoms with van der Waals surface area (Å²) in [4.78, 5) is 25.2. The molecule has 1 aromatic heterocycles. The Kier molecular flexibility index (Phi) is 4.05. The second kappa shape index (κ2) is 6.37. The van der Waals surface area contributed by atoms with E-state index in [1.54, 1.807) is 37.4 Å². The van der Waals surface area contributed by atoms with E-state index in [-0.39, 0.29) is 11.5 Å². The van der Waals surface area contributed by atoms with Crippen molar-refractivity contribution in [3.05, 3.63) is 58.0 Å². The molecule has 3 heterocycles. The molecule has 0 unspecified atom stereocenters. The molecule has 0 saturated carbocycles. The minimum atomic E-state index is -0.294. The van der Waals surface area contributed by atoms with Gasteiger partial charge in [0.15, 0.2) is 0 Å². The zero-order valence-electron chi connectivity index (χ0n) is 14.1. The van der Waals surface area contributed by atoms with Gasteiger partial charge in [-0.3, -0.25) is 9.59 Å². The maximum absolute atomic E-state index is 12.8. The molecule has 2 aliphatic rings. The second-order valence-corrected chi connectivity index (χ2v) is 6.73.